The van der Waals surface area contributed by atoms with Crippen LogP contribution in [0.4, 0.5) is 5.13 Å². The Labute approximate surface area is 248 Å². The second kappa shape index (κ2) is 11.9. The highest BCUT2D eigenvalue weighted by Crippen LogP contribution is 2.41. The monoisotopic (exact) mass is 628 g/mol. The molecule has 0 radical (unpaired) electrons. The van der Waals surface area contributed by atoms with Gasteiger partial charge in [-0.25, -0.2) is 9.78 Å². The van der Waals surface area contributed by atoms with E-state index < -0.39 is 29.2 Å². The maximum atomic E-state index is 13.4. The first kappa shape index (κ1) is 27.8. The van der Waals surface area contributed by atoms with Crippen LogP contribution in [-0.2, 0) is 24.0 Å². The van der Waals surface area contributed by atoms with Gasteiger partial charge in [0.05, 0.1) is 11.1 Å². The number of aromatic nitrogens is 6. The van der Waals surface area contributed by atoms with Crippen molar-refractivity contribution in [2.24, 2.45) is 5.16 Å². The number of amides is 3. The smallest absolute Gasteiger partial charge is 0.352 e. The van der Waals surface area contributed by atoms with E-state index in [0.29, 0.717) is 34.7 Å². The van der Waals surface area contributed by atoms with Crippen molar-refractivity contribution in [3.05, 3.63) is 46.8 Å². The van der Waals surface area contributed by atoms with E-state index in [1.54, 1.807) is 6.07 Å². The van der Waals surface area contributed by atoms with E-state index in [4.69, 9.17) is 4.84 Å². The van der Waals surface area contributed by atoms with Crippen LogP contribution in [-0.4, -0.2) is 99.2 Å². The van der Waals surface area contributed by atoms with E-state index in [2.05, 4.69) is 41.4 Å². The summed E-state index contributed by atoms with van der Waals surface area (Å²) in [5.74, 6) is -1.92. The van der Waals surface area contributed by atoms with Crippen molar-refractivity contribution in [3.63, 3.8) is 0 Å². The van der Waals surface area contributed by atoms with E-state index in [9.17, 15) is 24.3 Å². The number of thioether (sulfide) groups is 2. The Hall–Kier alpha value is -4.36. The van der Waals surface area contributed by atoms with Crippen LogP contribution in [0, 0.1) is 0 Å². The Morgan fingerprint density at radius 3 is 3.02 bits per heavy atom. The highest BCUT2D eigenvalue weighted by Gasteiger charge is 2.54. The topological polar surface area (TPSA) is 206 Å². The third-order valence-electron chi connectivity index (χ3n) is 6.41. The number of carbonyl (C=O) groups excluding carboxylic acids is 3. The van der Waals surface area contributed by atoms with Crippen LogP contribution >= 0.6 is 34.9 Å². The number of hydrogen-bond acceptors (Lipinski definition) is 14. The van der Waals surface area contributed by atoms with Crippen LogP contribution in [0.15, 0.2) is 51.1 Å². The van der Waals surface area contributed by atoms with Crippen molar-refractivity contribution in [1.29, 1.82) is 0 Å². The largest absolute Gasteiger partial charge is 0.477 e. The molecule has 1 saturated heterocycles. The standard InChI is InChI=1S/C23H20N10O6S3/c34-10-24-23-26-13(9-42-23)15(29-39-12-3-1-2-4-12)19(35)27-16-20(36)32-17(22(37)38)11(8-41-21(16)32)7-40-14-5-6-25-33-18(14)28-30-31-33/h1,3,5-6,9-10,12,16,21H,2,4,7-8H2,(H,27,35)(H,37,38)(H,24,26,34)/t12?,16?,21-/m0/s1. The van der Waals surface area contributed by atoms with Gasteiger partial charge in [-0.1, -0.05) is 11.2 Å². The van der Waals surface area contributed by atoms with Gasteiger partial charge in [-0.3, -0.25) is 19.3 Å². The predicted octanol–water partition coefficient (Wildman–Crippen LogP) is 0.514. The number of nitrogens with one attached hydrogen (secondary N) is 2. The van der Waals surface area contributed by atoms with Gasteiger partial charge in [0.15, 0.2) is 10.8 Å². The van der Waals surface area contributed by atoms with E-state index in [1.807, 2.05) is 12.2 Å². The Morgan fingerprint density at radius 2 is 2.24 bits per heavy atom. The molecule has 3 atom stereocenters. The molecule has 42 heavy (non-hydrogen) atoms. The molecular weight excluding hydrogens is 609 g/mol. The lowest BCUT2D eigenvalue weighted by Gasteiger charge is -2.49. The van der Waals surface area contributed by atoms with Gasteiger partial charge in [-0.2, -0.15) is 5.10 Å². The molecule has 2 aliphatic heterocycles. The first-order valence-electron chi connectivity index (χ1n) is 12.4. The number of aliphatic carboxylic acids is 1. The normalized spacial score (nSPS) is 21.7. The van der Waals surface area contributed by atoms with Gasteiger partial charge in [0.1, 0.15) is 28.9 Å². The number of rotatable bonds is 11. The maximum absolute atomic E-state index is 13.4. The summed E-state index contributed by atoms with van der Waals surface area (Å²) in [4.78, 5) is 61.3. The van der Waals surface area contributed by atoms with E-state index in [0.717, 1.165) is 17.8 Å². The van der Waals surface area contributed by atoms with E-state index >= 15 is 0 Å². The number of carboxylic acid groups (broad SMARTS) is 1. The molecule has 0 spiro atoms. The zero-order valence-corrected chi connectivity index (χ0v) is 23.8. The fourth-order valence-corrected chi connectivity index (χ4v) is 7.55. The number of fused-ring (bicyclic) bond motifs is 2. The average molecular weight is 629 g/mol. The molecule has 216 valence electrons. The zero-order chi connectivity index (χ0) is 29.2. The number of nitrogens with zero attached hydrogens (tertiary/aromatic N) is 8. The minimum Gasteiger partial charge on any atom is -0.477 e. The molecule has 1 fully saturated rings. The summed E-state index contributed by atoms with van der Waals surface area (Å²) < 4.78 is 1.27. The second-order valence-corrected chi connectivity index (χ2v) is 12.0. The van der Waals surface area contributed by atoms with Gasteiger partial charge in [0, 0.05) is 16.9 Å². The lowest BCUT2D eigenvalue weighted by Crippen LogP contribution is -2.71. The molecule has 5 heterocycles. The third kappa shape index (κ3) is 5.32. The van der Waals surface area contributed by atoms with Crippen molar-refractivity contribution in [3.8, 4) is 0 Å². The molecule has 3 aromatic heterocycles. The summed E-state index contributed by atoms with van der Waals surface area (Å²) in [5.41, 5.74) is 0.856. The molecule has 3 aromatic rings. The van der Waals surface area contributed by atoms with Gasteiger partial charge >= 0.3 is 5.97 Å². The van der Waals surface area contributed by atoms with Crippen molar-refractivity contribution >= 4 is 75.5 Å². The molecule has 3 amide bonds. The molecule has 0 saturated carbocycles. The SMILES string of the molecule is O=CNc1nc(C(=NOC2C=CCC2)C(=O)NC2C(=O)N3C(C(=O)O)=C(CSc4ccnn5nnnc45)CS[C@@H]23)cs1. The number of allylic oxidation sites excluding steroid dienone is 1. The Kier molecular flexibility index (Phi) is 7.85. The van der Waals surface area contributed by atoms with Gasteiger partial charge in [-0.05, 0) is 41.0 Å². The molecule has 3 N–H and O–H groups in total. The molecule has 19 heteroatoms. The van der Waals surface area contributed by atoms with Crippen molar-refractivity contribution in [1.82, 2.24) is 40.5 Å². The van der Waals surface area contributed by atoms with E-state index in [-0.39, 0.29) is 34.1 Å². The molecular formula is C23H20N10O6S3. The number of oxime groups is 1. The summed E-state index contributed by atoms with van der Waals surface area (Å²) in [5, 5.41) is 35.6. The summed E-state index contributed by atoms with van der Waals surface area (Å²) in [6, 6.07) is 0.735. The molecule has 0 bridgehead atoms. The summed E-state index contributed by atoms with van der Waals surface area (Å²) >= 11 is 3.77. The summed E-state index contributed by atoms with van der Waals surface area (Å²) in [7, 11) is 0. The number of thiazole rings is 1. The Balaban J connectivity index is 1.18. The Bertz CT molecular complexity index is 1670. The molecule has 6 rings (SSSR count). The van der Waals surface area contributed by atoms with E-state index in [1.165, 1.54) is 44.6 Å². The molecule has 2 unspecified atom stereocenters. The minimum absolute atomic E-state index is 0.110. The van der Waals surface area contributed by atoms with Gasteiger partial charge in [-0.15, -0.1) is 44.6 Å². The molecule has 0 aromatic carbocycles. The van der Waals surface area contributed by atoms with Gasteiger partial charge in [0.25, 0.3) is 11.8 Å². The molecule has 3 aliphatic rings. The summed E-state index contributed by atoms with van der Waals surface area (Å²) in [6.07, 6.45) is 7.00. The van der Waals surface area contributed by atoms with Crippen LogP contribution in [0.5, 0.6) is 0 Å². The van der Waals surface area contributed by atoms with Crippen molar-refractivity contribution in [2.75, 3.05) is 16.8 Å². The van der Waals surface area contributed by atoms with Crippen LogP contribution < -0.4 is 10.6 Å². The molecule has 16 nitrogen and oxygen atoms in total. The van der Waals surface area contributed by atoms with Crippen LogP contribution in [0.1, 0.15) is 18.5 Å². The Morgan fingerprint density at radius 1 is 1.36 bits per heavy atom. The number of carbonyl (C=O) groups is 4. The number of hydrogen-bond donors (Lipinski definition) is 3. The van der Waals surface area contributed by atoms with Gasteiger partial charge in [0.2, 0.25) is 12.1 Å². The molecule has 1 aliphatic carbocycles. The quantitative estimate of drug-likeness (QED) is 0.0662. The minimum atomic E-state index is -1.24. The maximum Gasteiger partial charge on any atom is 0.352 e. The van der Waals surface area contributed by atoms with Crippen LogP contribution in [0.25, 0.3) is 5.65 Å². The first-order valence-corrected chi connectivity index (χ1v) is 15.3. The number of tetrazole rings is 1. The number of anilines is 1. The van der Waals surface area contributed by atoms with Crippen LogP contribution in [0.2, 0.25) is 0 Å². The zero-order valence-electron chi connectivity index (χ0n) is 21.3. The first-order chi connectivity index (χ1) is 20.4. The van der Waals surface area contributed by atoms with Gasteiger partial charge < -0.3 is 20.6 Å². The van der Waals surface area contributed by atoms with Crippen molar-refractivity contribution in [2.45, 2.75) is 35.3 Å². The highest BCUT2D eigenvalue weighted by atomic mass is 32.2. The summed E-state index contributed by atoms with van der Waals surface area (Å²) in [6.45, 7) is 0. The van der Waals surface area contributed by atoms with Crippen LogP contribution in [0.3, 0.4) is 0 Å². The fourth-order valence-electron chi connectivity index (χ4n) is 4.45. The predicted molar refractivity (Wildman–Crippen MR) is 151 cm³/mol. The average Bonchev–Trinajstić information content (AvgIpc) is 3.77. The number of β-lactam (4-membered cyclic amide) rings is 1. The lowest BCUT2D eigenvalue weighted by atomic mass is 10.0. The third-order valence-corrected chi connectivity index (χ3v) is 9.64. The van der Waals surface area contributed by atoms with Crippen molar-refractivity contribution < 1.29 is 29.1 Å². The fraction of sp³-hybridized carbons (Fsp3) is 0.304. The number of carboxylic acids is 1. The second-order valence-electron chi connectivity index (χ2n) is 8.98. The lowest BCUT2D eigenvalue weighted by molar-refractivity contribution is -0.150. The highest BCUT2D eigenvalue weighted by molar-refractivity contribution is 8.01.